The fourth-order valence-electron chi connectivity index (χ4n) is 2.64. The van der Waals surface area contributed by atoms with Crippen molar-refractivity contribution < 1.29 is 9.53 Å². The number of pyridine rings is 1. The first-order chi connectivity index (χ1) is 12.2. The van der Waals surface area contributed by atoms with Crippen molar-refractivity contribution in [3.8, 4) is 5.75 Å². The first-order valence-electron chi connectivity index (χ1n) is 8.09. The van der Waals surface area contributed by atoms with E-state index in [1.807, 2.05) is 49.4 Å². The van der Waals surface area contributed by atoms with E-state index in [0.29, 0.717) is 11.3 Å². The number of hydrogen-bond acceptors (Lipinski definition) is 3. The third-order valence-electron chi connectivity index (χ3n) is 4.04. The zero-order valence-corrected chi connectivity index (χ0v) is 14.3. The van der Waals surface area contributed by atoms with Crippen LogP contribution in [0.4, 0.5) is 0 Å². The molecule has 0 spiro atoms. The molecule has 126 valence electrons. The lowest BCUT2D eigenvalue weighted by atomic mass is 9.98. The maximum Gasteiger partial charge on any atom is 0.252 e. The van der Waals surface area contributed by atoms with E-state index >= 15 is 0 Å². The highest BCUT2D eigenvalue weighted by Gasteiger charge is 2.18. The molecule has 0 bridgehead atoms. The molecule has 4 heteroatoms. The second kappa shape index (κ2) is 7.62. The van der Waals surface area contributed by atoms with Gasteiger partial charge in [0.15, 0.2) is 0 Å². The number of aromatic nitrogens is 1. The van der Waals surface area contributed by atoms with Crippen molar-refractivity contribution in [2.45, 2.75) is 13.0 Å². The molecule has 0 aliphatic carbocycles. The summed E-state index contributed by atoms with van der Waals surface area (Å²) in [5.41, 5.74) is 3.67. The normalized spacial score (nSPS) is 11.6. The lowest BCUT2D eigenvalue weighted by molar-refractivity contribution is 0.0942. The quantitative estimate of drug-likeness (QED) is 0.770. The summed E-state index contributed by atoms with van der Waals surface area (Å²) in [5, 5.41) is 3.10. The minimum atomic E-state index is -0.270. The summed E-state index contributed by atoms with van der Waals surface area (Å²) in [6.07, 6.45) is 3.50. The molecule has 1 unspecified atom stereocenters. The molecule has 1 N–H and O–H groups in total. The van der Waals surface area contributed by atoms with Gasteiger partial charge in [-0.15, -0.1) is 0 Å². The van der Waals surface area contributed by atoms with Crippen LogP contribution >= 0.6 is 0 Å². The molecule has 1 atom stereocenters. The van der Waals surface area contributed by atoms with Crippen LogP contribution in [-0.4, -0.2) is 18.0 Å². The number of carbonyl (C=O) groups excluding carboxylic acids is 1. The van der Waals surface area contributed by atoms with Crippen molar-refractivity contribution in [3.05, 3.63) is 95.3 Å². The fraction of sp³-hybridized carbons (Fsp3) is 0.143. The second-order valence-corrected chi connectivity index (χ2v) is 5.84. The zero-order valence-electron chi connectivity index (χ0n) is 14.3. The highest BCUT2D eigenvalue weighted by atomic mass is 16.5. The number of benzene rings is 2. The molecule has 1 aromatic heterocycles. The summed E-state index contributed by atoms with van der Waals surface area (Å²) in [6.45, 7) is 2.04. The molecule has 0 aliphatic rings. The van der Waals surface area contributed by atoms with E-state index in [1.54, 1.807) is 37.7 Å². The number of aryl methyl sites for hydroxylation is 1. The van der Waals surface area contributed by atoms with Crippen molar-refractivity contribution >= 4 is 5.91 Å². The van der Waals surface area contributed by atoms with Crippen molar-refractivity contribution in [2.24, 2.45) is 0 Å². The minimum absolute atomic E-state index is 0.159. The van der Waals surface area contributed by atoms with Gasteiger partial charge in [-0.1, -0.05) is 42.0 Å². The lowest BCUT2D eigenvalue weighted by Gasteiger charge is -2.20. The van der Waals surface area contributed by atoms with E-state index in [9.17, 15) is 4.79 Å². The molecule has 0 fully saturated rings. The summed E-state index contributed by atoms with van der Waals surface area (Å²) in [5.74, 6) is 0.495. The van der Waals surface area contributed by atoms with Crippen LogP contribution in [-0.2, 0) is 0 Å². The SMILES string of the molecule is COc1cccc(C(=O)NC(c2ccc(C)cc2)c2cccnc2)c1. The average molecular weight is 332 g/mol. The number of carbonyl (C=O) groups is 1. The van der Waals surface area contributed by atoms with E-state index in [0.717, 1.165) is 11.1 Å². The summed E-state index contributed by atoms with van der Waals surface area (Å²) < 4.78 is 5.20. The van der Waals surface area contributed by atoms with Crippen LogP contribution in [0.3, 0.4) is 0 Å². The number of methoxy groups -OCH3 is 1. The van der Waals surface area contributed by atoms with Gasteiger partial charge in [-0.25, -0.2) is 0 Å². The van der Waals surface area contributed by atoms with E-state index in [2.05, 4.69) is 10.3 Å². The molecular weight excluding hydrogens is 312 g/mol. The third kappa shape index (κ3) is 4.04. The average Bonchev–Trinajstić information content (AvgIpc) is 2.67. The monoisotopic (exact) mass is 332 g/mol. The Morgan fingerprint density at radius 1 is 1.04 bits per heavy atom. The molecule has 0 aliphatic heterocycles. The highest BCUT2D eigenvalue weighted by molar-refractivity contribution is 5.95. The summed E-state index contributed by atoms with van der Waals surface area (Å²) >= 11 is 0. The number of rotatable bonds is 5. The van der Waals surface area contributed by atoms with Gasteiger partial charge < -0.3 is 10.1 Å². The van der Waals surface area contributed by atoms with Crippen LogP contribution in [0.1, 0.15) is 33.1 Å². The van der Waals surface area contributed by atoms with Crippen LogP contribution in [0.25, 0.3) is 0 Å². The number of nitrogens with one attached hydrogen (secondary N) is 1. The van der Waals surface area contributed by atoms with Crippen LogP contribution < -0.4 is 10.1 Å². The molecule has 0 saturated heterocycles. The van der Waals surface area contributed by atoms with Crippen LogP contribution in [0.5, 0.6) is 5.75 Å². The van der Waals surface area contributed by atoms with E-state index in [1.165, 1.54) is 5.56 Å². The number of amides is 1. The number of hydrogen-bond donors (Lipinski definition) is 1. The Bertz CT molecular complexity index is 845. The molecule has 1 amide bonds. The van der Waals surface area contributed by atoms with Gasteiger partial charge in [0.1, 0.15) is 5.75 Å². The van der Waals surface area contributed by atoms with Gasteiger partial charge in [0.2, 0.25) is 0 Å². The summed E-state index contributed by atoms with van der Waals surface area (Å²) in [7, 11) is 1.59. The van der Waals surface area contributed by atoms with Crippen molar-refractivity contribution in [2.75, 3.05) is 7.11 Å². The minimum Gasteiger partial charge on any atom is -0.497 e. The van der Waals surface area contributed by atoms with Crippen molar-refractivity contribution in [3.63, 3.8) is 0 Å². The summed E-state index contributed by atoms with van der Waals surface area (Å²) in [6, 6.07) is 18.8. The third-order valence-corrected chi connectivity index (χ3v) is 4.04. The van der Waals surface area contributed by atoms with E-state index in [4.69, 9.17) is 4.74 Å². The smallest absolute Gasteiger partial charge is 0.252 e. The fourth-order valence-corrected chi connectivity index (χ4v) is 2.64. The topological polar surface area (TPSA) is 51.2 Å². The molecule has 3 rings (SSSR count). The van der Waals surface area contributed by atoms with Gasteiger partial charge in [-0.05, 0) is 42.3 Å². The standard InChI is InChI=1S/C21H20N2O2/c1-15-8-10-16(11-9-15)20(18-6-4-12-22-14-18)23-21(24)17-5-3-7-19(13-17)25-2/h3-14,20H,1-2H3,(H,23,24). The maximum atomic E-state index is 12.7. The van der Waals surface area contributed by atoms with Crippen LogP contribution in [0.2, 0.25) is 0 Å². The Morgan fingerprint density at radius 3 is 2.52 bits per heavy atom. The zero-order chi connectivity index (χ0) is 17.6. The van der Waals surface area contributed by atoms with Crippen LogP contribution in [0, 0.1) is 6.92 Å². The van der Waals surface area contributed by atoms with Crippen molar-refractivity contribution in [1.82, 2.24) is 10.3 Å². The van der Waals surface area contributed by atoms with Gasteiger partial charge in [0.05, 0.1) is 13.2 Å². The molecular formula is C21H20N2O2. The van der Waals surface area contributed by atoms with Gasteiger partial charge in [0, 0.05) is 18.0 Å². The van der Waals surface area contributed by atoms with E-state index in [-0.39, 0.29) is 11.9 Å². The number of nitrogens with zero attached hydrogens (tertiary/aromatic N) is 1. The molecule has 25 heavy (non-hydrogen) atoms. The molecule has 3 aromatic rings. The molecule has 1 heterocycles. The van der Waals surface area contributed by atoms with Gasteiger partial charge in [-0.2, -0.15) is 0 Å². The molecule has 0 radical (unpaired) electrons. The summed E-state index contributed by atoms with van der Waals surface area (Å²) in [4.78, 5) is 16.9. The lowest BCUT2D eigenvalue weighted by Crippen LogP contribution is -2.29. The van der Waals surface area contributed by atoms with Crippen molar-refractivity contribution in [1.29, 1.82) is 0 Å². The molecule has 0 saturated carbocycles. The molecule has 4 nitrogen and oxygen atoms in total. The number of ether oxygens (including phenoxy) is 1. The largest absolute Gasteiger partial charge is 0.497 e. The first-order valence-corrected chi connectivity index (χ1v) is 8.09. The van der Waals surface area contributed by atoms with Gasteiger partial charge in [-0.3, -0.25) is 9.78 Å². The Kier molecular flexibility index (Phi) is 5.09. The molecule has 2 aromatic carbocycles. The predicted molar refractivity (Wildman–Crippen MR) is 97.7 cm³/mol. The van der Waals surface area contributed by atoms with Gasteiger partial charge in [0.25, 0.3) is 5.91 Å². The maximum absolute atomic E-state index is 12.7. The predicted octanol–water partition coefficient (Wildman–Crippen LogP) is 3.92. The Labute approximate surface area is 147 Å². The van der Waals surface area contributed by atoms with Gasteiger partial charge >= 0.3 is 0 Å². The van der Waals surface area contributed by atoms with Crippen LogP contribution in [0.15, 0.2) is 73.1 Å². The highest BCUT2D eigenvalue weighted by Crippen LogP contribution is 2.23. The first kappa shape index (κ1) is 16.7. The Balaban J connectivity index is 1.92. The van der Waals surface area contributed by atoms with E-state index < -0.39 is 0 Å². The Morgan fingerprint density at radius 2 is 1.84 bits per heavy atom. The second-order valence-electron chi connectivity index (χ2n) is 5.84. The Hall–Kier alpha value is -3.14.